The normalized spacial score (nSPS) is 14.2. The third kappa shape index (κ3) is 4.63. The van der Waals surface area contributed by atoms with E-state index in [4.69, 9.17) is 36.3 Å². The molecule has 0 aliphatic carbocycles. The topological polar surface area (TPSA) is 144 Å². The molecule has 0 saturated heterocycles. The molecule has 2 aromatic carbocycles. The van der Waals surface area contributed by atoms with Crippen molar-refractivity contribution in [1.82, 2.24) is 9.97 Å². The Morgan fingerprint density at radius 3 is 2.38 bits per heavy atom. The molecule has 4 aromatic rings. The van der Waals surface area contributed by atoms with E-state index in [1.54, 1.807) is 30.2 Å². The van der Waals surface area contributed by atoms with E-state index in [2.05, 4.69) is 15.3 Å². The summed E-state index contributed by atoms with van der Waals surface area (Å²) in [5.41, 5.74) is 10.0. The molecule has 0 bridgehead atoms. The van der Waals surface area contributed by atoms with Crippen LogP contribution in [0.5, 0.6) is 17.2 Å². The molecule has 0 spiro atoms. The van der Waals surface area contributed by atoms with Crippen molar-refractivity contribution in [2.24, 2.45) is 5.73 Å². The maximum absolute atomic E-state index is 14.0. The molecule has 0 fully saturated rings. The average molecular weight is 592 g/mol. The van der Waals surface area contributed by atoms with Crippen LogP contribution in [0.1, 0.15) is 32.5 Å². The van der Waals surface area contributed by atoms with Crippen molar-refractivity contribution in [2.75, 3.05) is 64.2 Å². The molecule has 11 nitrogen and oxygen atoms in total. The zero-order valence-corrected chi connectivity index (χ0v) is 24.0. The number of anilines is 2. The Morgan fingerprint density at radius 2 is 1.75 bits per heavy atom. The van der Waals surface area contributed by atoms with E-state index in [-0.39, 0.29) is 30.1 Å². The second kappa shape index (κ2) is 11.7. The summed E-state index contributed by atoms with van der Waals surface area (Å²) < 4.78 is 21.5. The van der Waals surface area contributed by atoms with Crippen LogP contribution in [0, 0.1) is 0 Å². The number of amides is 1. The number of carbonyl (C=O) groups is 2. The molecular formula is C27H31Cl2N5O6. The molecule has 13 heteroatoms. The predicted octanol–water partition coefficient (Wildman–Crippen LogP) is 4.24. The van der Waals surface area contributed by atoms with Crippen molar-refractivity contribution in [3.05, 3.63) is 41.2 Å². The number of methoxy groups -OCH3 is 4. The Balaban J connectivity index is 0.00000370. The highest BCUT2D eigenvalue weighted by atomic mass is 35.5. The summed E-state index contributed by atoms with van der Waals surface area (Å²) in [6.07, 6.45) is 0. The van der Waals surface area contributed by atoms with E-state index < -0.39 is 5.97 Å². The van der Waals surface area contributed by atoms with Crippen LogP contribution < -0.4 is 30.2 Å². The molecule has 0 saturated carbocycles. The standard InChI is InChI=1S/C27H30ClN5O6.ClH/c1-36-20-8-13-7-17(31-22(13)25(38-3)24(20)37-2)26(34)33-12-14(11-28)21-15-9-18(27(35)39-4)32-23(15)16(10-19(21)33)30-6-5-29;/h7-10,14,30-32H,5-6,11-12,29H2,1-4H3;1H. The van der Waals surface area contributed by atoms with Crippen molar-refractivity contribution in [3.8, 4) is 17.2 Å². The second-order valence-electron chi connectivity index (χ2n) is 9.10. The van der Waals surface area contributed by atoms with Crippen LogP contribution in [0.15, 0.2) is 24.3 Å². The lowest BCUT2D eigenvalue weighted by Gasteiger charge is -2.18. The van der Waals surface area contributed by atoms with Gasteiger partial charge in [-0.15, -0.1) is 24.0 Å². The number of aromatic amines is 2. The second-order valence-corrected chi connectivity index (χ2v) is 9.40. The monoisotopic (exact) mass is 591 g/mol. The van der Waals surface area contributed by atoms with Gasteiger partial charge in [-0.25, -0.2) is 4.79 Å². The first-order valence-corrected chi connectivity index (χ1v) is 12.8. The molecule has 2 aromatic heterocycles. The molecule has 5 N–H and O–H groups in total. The first kappa shape index (κ1) is 29.2. The van der Waals surface area contributed by atoms with Crippen LogP contribution in [0.2, 0.25) is 0 Å². The fraction of sp³-hybridized carbons (Fsp3) is 0.333. The highest BCUT2D eigenvalue weighted by Crippen LogP contribution is 2.47. The van der Waals surface area contributed by atoms with Gasteiger partial charge in [0, 0.05) is 42.2 Å². The SMILES string of the molecule is COC(=O)c1cc2c3c(cc(NCCN)c2[nH]1)N(C(=O)c1cc2cc(OC)c(OC)c(OC)c2[nH]1)CC3CCl.Cl. The third-order valence-corrected chi connectivity index (χ3v) is 7.36. The summed E-state index contributed by atoms with van der Waals surface area (Å²) in [7, 11) is 5.92. The highest BCUT2D eigenvalue weighted by Gasteiger charge is 2.36. The number of halogens is 2. The van der Waals surface area contributed by atoms with Crippen LogP contribution in [-0.4, -0.2) is 75.8 Å². The van der Waals surface area contributed by atoms with E-state index in [0.29, 0.717) is 65.2 Å². The molecule has 0 radical (unpaired) electrons. The molecule has 1 atom stereocenters. The van der Waals surface area contributed by atoms with Gasteiger partial charge >= 0.3 is 5.97 Å². The minimum absolute atomic E-state index is 0. The average Bonchev–Trinajstić information content (AvgIpc) is 3.68. The molecule has 3 heterocycles. The minimum Gasteiger partial charge on any atom is -0.493 e. The van der Waals surface area contributed by atoms with Gasteiger partial charge in [0.1, 0.15) is 11.4 Å². The molecule has 1 aliphatic heterocycles. The smallest absolute Gasteiger partial charge is 0.354 e. The Bertz CT molecular complexity index is 1580. The van der Waals surface area contributed by atoms with Crippen molar-refractivity contribution >= 4 is 69.1 Å². The van der Waals surface area contributed by atoms with E-state index in [1.165, 1.54) is 21.3 Å². The number of hydrogen-bond acceptors (Lipinski definition) is 8. The Kier molecular flexibility index (Phi) is 8.57. The van der Waals surface area contributed by atoms with Gasteiger partial charge in [-0.3, -0.25) is 4.79 Å². The number of hydrogen-bond donors (Lipinski definition) is 4. The first-order valence-electron chi connectivity index (χ1n) is 12.3. The number of H-pyrrole nitrogens is 2. The van der Waals surface area contributed by atoms with Gasteiger partial charge < -0.3 is 44.9 Å². The summed E-state index contributed by atoms with van der Waals surface area (Å²) in [5, 5.41) is 4.82. The summed E-state index contributed by atoms with van der Waals surface area (Å²) in [6, 6.07) is 7.18. The van der Waals surface area contributed by atoms with Crippen molar-refractivity contribution in [2.45, 2.75) is 5.92 Å². The zero-order chi connectivity index (χ0) is 27.8. The Labute approximate surface area is 241 Å². The number of esters is 1. The molecule has 5 rings (SSSR count). The van der Waals surface area contributed by atoms with Gasteiger partial charge in [-0.1, -0.05) is 0 Å². The number of aromatic nitrogens is 2. The number of carbonyl (C=O) groups excluding carboxylic acids is 2. The van der Waals surface area contributed by atoms with Crippen LogP contribution in [0.4, 0.5) is 11.4 Å². The molecule has 1 amide bonds. The molecule has 40 heavy (non-hydrogen) atoms. The van der Waals surface area contributed by atoms with Crippen molar-refractivity contribution in [1.29, 1.82) is 0 Å². The lowest BCUT2D eigenvalue weighted by atomic mass is 9.98. The summed E-state index contributed by atoms with van der Waals surface area (Å²) in [6.45, 7) is 1.27. The fourth-order valence-electron chi connectivity index (χ4n) is 5.26. The lowest BCUT2D eigenvalue weighted by molar-refractivity contribution is 0.0595. The van der Waals surface area contributed by atoms with Crippen molar-refractivity contribution in [3.63, 3.8) is 0 Å². The molecule has 1 aliphatic rings. The van der Waals surface area contributed by atoms with Gasteiger partial charge in [-0.2, -0.15) is 0 Å². The molecular weight excluding hydrogens is 561 g/mol. The van der Waals surface area contributed by atoms with Crippen molar-refractivity contribution < 1.29 is 28.5 Å². The Hall–Kier alpha value is -3.80. The first-order chi connectivity index (χ1) is 18.9. The number of alkyl halides is 1. The maximum Gasteiger partial charge on any atom is 0.354 e. The van der Waals surface area contributed by atoms with Crippen LogP contribution >= 0.6 is 24.0 Å². The zero-order valence-electron chi connectivity index (χ0n) is 22.5. The van der Waals surface area contributed by atoms with Gasteiger partial charge in [0.05, 0.1) is 50.8 Å². The van der Waals surface area contributed by atoms with E-state index in [0.717, 1.165) is 21.9 Å². The summed E-state index contributed by atoms with van der Waals surface area (Å²) >= 11 is 6.42. The summed E-state index contributed by atoms with van der Waals surface area (Å²) in [5.74, 6) is 0.745. The lowest BCUT2D eigenvalue weighted by Crippen LogP contribution is -2.30. The minimum atomic E-state index is -0.490. The highest BCUT2D eigenvalue weighted by molar-refractivity contribution is 6.19. The van der Waals surface area contributed by atoms with Crippen LogP contribution in [0.25, 0.3) is 21.8 Å². The van der Waals surface area contributed by atoms with Crippen LogP contribution in [-0.2, 0) is 4.74 Å². The van der Waals surface area contributed by atoms with E-state index in [1.807, 2.05) is 6.07 Å². The third-order valence-electron chi connectivity index (χ3n) is 6.98. The quantitative estimate of drug-likeness (QED) is 0.167. The molecule has 1 unspecified atom stereocenters. The number of rotatable bonds is 9. The number of fused-ring (bicyclic) bond motifs is 4. The molecule has 214 valence electrons. The maximum atomic E-state index is 14.0. The van der Waals surface area contributed by atoms with Gasteiger partial charge in [0.15, 0.2) is 11.5 Å². The predicted molar refractivity (Wildman–Crippen MR) is 158 cm³/mol. The number of nitrogens with two attached hydrogens (primary N) is 1. The van der Waals surface area contributed by atoms with Gasteiger partial charge in [0.2, 0.25) is 5.75 Å². The number of nitrogens with one attached hydrogen (secondary N) is 3. The van der Waals surface area contributed by atoms with Gasteiger partial charge in [-0.05, 0) is 29.8 Å². The number of nitrogens with zero attached hydrogens (tertiary/aromatic N) is 1. The fourth-order valence-corrected chi connectivity index (χ4v) is 5.51. The largest absolute Gasteiger partial charge is 0.493 e. The number of benzene rings is 2. The Morgan fingerprint density at radius 1 is 1.02 bits per heavy atom. The number of ether oxygens (including phenoxy) is 4. The summed E-state index contributed by atoms with van der Waals surface area (Å²) in [4.78, 5) is 34.4. The van der Waals surface area contributed by atoms with E-state index in [9.17, 15) is 9.59 Å². The van der Waals surface area contributed by atoms with Crippen LogP contribution in [0.3, 0.4) is 0 Å². The van der Waals surface area contributed by atoms with E-state index >= 15 is 0 Å². The van der Waals surface area contributed by atoms with Gasteiger partial charge in [0.25, 0.3) is 5.91 Å².